The molecule has 0 aliphatic heterocycles. The van der Waals surface area contributed by atoms with Crippen LogP contribution in [0.5, 0.6) is 0 Å². The van der Waals surface area contributed by atoms with Gasteiger partial charge >= 0.3 is 0 Å². The Balaban J connectivity index is 2.38. The number of aromatic nitrogens is 1. The van der Waals surface area contributed by atoms with E-state index < -0.39 is 0 Å². The third kappa shape index (κ3) is 4.62. The van der Waals surface area contributed by atoms with E-state index in [1.165, 1.54) is 17.0 Å². The van der Waals surface area contributed by atoms with Crippen molar-refractivity contribution < 1.29 is 0 Å². The molecule has 0 unspecified atom stereocenters. The SMILES string of the molecule is Cc1ncsc1CCC(C)(C)CNC(C)C. The fraction of sp³-hybridized carbons (Fsp3) is 0.769. The Bertz CT molecular complexity index is 315. The lowest BCUT2D eigenvalue weighted by Crippen LogP contribution is -2.34. The molecule has 1 heterocycles. The summed E-state index contributed by atoms with van der Waals surface area (Å²) in [5.41, 5.74) is 3.52. The maximum atomic E-state index is 4.29. The molecule has 2 nitrogen and oxygen atoms in total. The van der Waals surface area contributed by atoms with Crippen molar-refractivity contribution in [1.82, 2.24) is 10.3 Å². The smallest absolute Gasteiger partial charge is 0.0797 e. The van der Waals surface area contributed by atoms with Crippen molar-refractivity contribution in [3.05, 3.63) is 16.1 Å². The number of nitrogens with one attached hydrogen (secondary N) is 1. The summed E-state index contributed by atoms with van der Waals surface area (Å²) in [5.74, 6) is 0. The molecule has 1 aromatic rings. The first kappa shape index (κ1) is 13.7. The largest absolute Gasteiger partial charge is 0.314 e. The Labute approximate surface area is 103 Å². The number of hydrogen-bond acceptors (Lipinski definition) is 3. The van der Waals surface area contributed by atoms with E-state index in [-0.39, 0.29) is 0 Å². The highest BCUT2D eigenvalue weighted by molar-refractivity contribution is 7.09. The van der Waals surface area contributed by atoms with Gasteiger partial charge in [0.05, 0.1) is 11.2 Å². The van der Waals surface area contributed by atoms with E-state index in [9.17, 15) is 0 Å². The van der Waals surface area contributed by atoms with Gasteiger partial charge in [-0.2, -0.15) is 0 Å². The first-order chi connectivity index (χ1) is 7.41. The summed E-state index contributed by atoms with van der Waals surface area (Å²) in [6, 6.07) is 0.574. The molecule has 0 aliphatic carbocycles. The molecule has 1 aromatic heterocycles. The molecule has 0 bridgehead atoms. The van der Waals surface area contributed by atoms with E-state index in [0.29, 0.717) is 11.5 Å². The average Bonchev–Trinajstić information content (AvgIpc) is 2.59. The molecule has 0 aromatic carbocycles. The van der Waals surface area contributed by atoms with Crippen molar-refractivity contribution >= 4 is 11.3 Å². The summed E-state index contributed by atoms with van der Waals surface area (Å²) in [6.45, 7) is 12.2. The summed E-state index contributed by atoms with van der Waals surface area (Å²) in [4.78, 5) is 5.74. The fourth-order valence-electron chi connectivity index (χ4n) is 1.59. The lowest BCUT2D eigenvalue weighted by Gasteiger charge is -2.26. The number of thiazole rings is 1. The zero-order valence-electron chi connectivity index (χ0n) is 11.1. The molecule has 0 aliphatic rings. The van der Waals surface area contributed by atoms with Gasteiger partial charge in [0.15, 0.2) is 0 Å². The van der Waals surface area contributed by atoms with Gasteiger partial charge in [0.1, 0.15) is 0 Å². The van der Waals surface area contributed by atoms with Crippen LogP contribution in [0.4, 0.5) is 0 Å². The predicted molar refractivity (Wildman–Crippen MR) is 72.1 cm³/mol. The summed E-state index contributed by atoms with van der Waals surface area (Å²) >= 11 is 1.78. The van der Waals surface area contributed by atoms with Gasteiger partial charge in [-0.05, 0) is 25.2 Å². The minimum absolute atomic E-state index is 0.362. The summed E-state index contributed by atoms with van der Waals surface area (Å²) in [5, 5.41) is 3.52. The second-order valence-electron chi connectivity index (χ2n) is 5.56. The molecule has 0 saturated carbocycles. The van der Waals surface area contributed by atoms with E-state index in [4.69, 9.17) is 0 Å². The molecule has 92 valence electrons. The predicted octanol–water partition coefficient (Wildman–Crippen LogP) is 3.41. The van der Waals surface area contributed by atoms with Crippen LogP contribution in [0, 0.1) is 12.3 Å². The van der Waals surface area contributed by atoms with Crippen LogP contribution < -0.4 is 5.32 Å². The van der Waals surface area contributed by atoms with E-state index in [2.05, 4.69) is 44.9 Å². The zero-order valence-corrected chi connectivity index (χ0v) is 11.9. The second kappa shape index (κ2) is 5.78. The van der Waals surface area contributed by atoms with Gasteiger partial charge in [0.2, 0.25) is 0 Å². The Morgan fingerprint density at radius 1 is 1.44 bits per heavy atom. The molecule has 0 fully saturated rings. The van der Waals surface area contributed by atoms with Crippen molar-refractivity contribution in [3.8, 4) is 0 Å². The molecular weight excluding hydrogens is 216 g/mol. The van der Waals surface area contributed by atoms with Crippen LogP contribution in [0.1, 0.15) is 44.7 Å². The average molecular weight is 240 g/mol. The van der Waals surface area contributed by atoms with E-state index in [1.807, 2.05) is 5.51 Å². The van der Waals surface area contributed by atoms with Crippen molar-refractivity contribution in [2.75, 3.05) is 6.54 Å². The standard InChI is InChI=1S/C13H24N2S/c1-10(2)14-8-13(4,5)7-6-12-11(3)15-9-16-12/h9-10,14H,6-8H2,1-5H3. The van der Waals surface area contributed by atoms with Crippen molar-refractivity contribution in [1.29, 1.82) is 0 Å². The Kier molecular flexibility index (Phi) is 4.93. The molecular formula is C13H24N2S. The monoisotopic (exact) mass is 240 g/mol. The number of nitrogens with zero attached hydrogens (tertiary/aromatic N) is 1. The third-order valence-electron chi connectivity index (χ3n) is 2.86. The van der Waals surface area contributed by atoms with Crippen molar-refractivity contribution in [2.45, 2.75) is 53.5 Å². The molecule has 0 saturated heterocycles. The molecule has 0 spiro atoms. The zero-order chi connectivity index (χ0) is 12.2. The number of aryl methyl sites for hydroxylation is 2. The Morgan fingerprint density at radius 2 is 2.12 bits per heavy atom. The van der Waals surface area contributed by atoms with Gasteiger partial charge < -0.3 is 5.32 Å². The molecule has 0 radical (unpaired) electrons. The van der Waals surface area contributed by atoms with Gasteiger partial charge in [-0.15, -0.1) is 11.3 Å². The maximum Gasteiger partial charge on any atom is 0.0797 e. The minimum Gasteiger partial charge on any atom is -0.314 e. The first-order valence-electron chi connectivity index (χ1n) is 6.03. The van der Waals surface area contributed by atoms with Crippen LogP contribution in [0.3, 0.4) is 0 Å². The van der Waals surface area contributed by atoms with Crippen molar-refractivity contribution in [2.24, 2.45) is 5.41 Å². The van der Waals surface area contributed by atoms with Gasteiger partial charge in [-0.3, -0.25) is 0 Å². The molecule has 3 heteroatoms. The molecule has 0 atom stereocenters. The van der Waals surface area contributed by atoms with E-state index in [0.717, 1.165) is 13.0 Å². The van der Waals surface area contributed by atoms with Gasteiger partial charge in [-0.1, -0.05) is 27.7 Å². The quantitative estimate of drug-likeness (QED) is 0.824. The summed E-state index contributed by atoms with van der Waals surface area (Å²) in [7, 11) is 0. The van der Waals surface area contributed by atoms with E-state index in [1.54, 1.807) is 11.3 Å². The van der Waals surface area contributed by atoms with Crippen LogP contribution >= 0.6 is 11.3 Å². The minimum atomic E-state index is 0.362. The topological polar surface area (TPSA) is 24.9 Å². The highest BCUT2D eigenvalue weighted by Crippen LogP contribution is 2.24. The van der Waals surface area contributed by atoms with Crippen LogP contribution in [0.2, 0.25) is 0 Å². The van der Waals surface area contributed by atoms with Gasteiger partial charge in [0, 0.05) is 17.5 Å². The lowest BCUT2D eigenvalue weighted by molar-refractivity contribution is 0.305. The summed E-state index contributed by atoms with van der Waals surface area (Å²) < 4.78 is 0. The van der Waals surface area contributed by atoms with Crippen LogP contribution in [0.15, 0.2) is 5.51 Å². The van der Waals surface area contributed by atoms with Crippen molar-refractivity contribution in [3.63, 3.8) is 0 Å². The second-order valence-corrected chi connectivity index (χ2v) is 6.50. The molecule has 1 rings (SSSR count). The Morgan fingerprint density at radius 3 is 2.62 bits per heavy atom. The lowest BCUT2D eigenvalue weighted by atomic mass is 9.87. The number of rotatable bonds is 6. The number of hydrogen-bond donors (Lipinski definition) is 1. The van der Waals surface area contributed by atoms with Gasteiger partial charge in [-0.25, -0.2) is 4.98 Å². The van der Waals surface area contributed by atoms with Crippen LogP contribution in [-0.4, -0.2) is 17.6 Å². The highest BCUT2D eigenvalue weighted by atomic mass is 32.1. The molecule has 16 heavy (non-hydrogen) atoms. The molecule has 0 amide bonds. The van der Waals surface area contributed by atoms with Gasteiger partial charge in [0.25, 0.3) is 0 Å². The normalized spacial score (nSPS) is 12.4. The van der Waals surface area contributed by atoms with Crippen LogP contribution in [-0.2, 0) is 6.42 Å². The highest BCUT2D eigenvalue weighted by Gasteiger charge is 2.18. The third-order valence-corrected chi connectivity index (χ3v) is 3.86. The Hall–Kier alpha value is -0.410. The molecule has 1 N–H and O–H groups in total. The van der Waals surface area contributed by atoms with Crippen LogP contribution in [0.25, 0.3) is 0 Å². The fourth-order valence-corrected chi connectivity index (χ4v) is 2.37. The maximum absolute atomic E-state index is 4.29. The summed E-state index contributed by atoms with van der Waals surface area (Å²) in [6.07, 6.45) is 2.37. The first-order valence-corrected chi connectivity index (χ1v) is 6.91. The van der Waals surface area contributed by atoms with E-state index >= 15 is 0 Å².